The van der Waals surface area contributed by atoms with Gasteiger partial charge in [0.25, 0.3) is 0 Å². The Labute approximate surface area is 361 Å². The maximum atomic E-state index is 13.2. The standard InChI is InChI=1S/C52H101NO5/c1-4-7-10-13-16-19-22-23-24-25-26-27-28-30-33-36-39-42-45-52(57)58-48(43-40-37-34-31-21-18-15-12-9-6-3)46-51(56)53-49(47-54)50(55)44-41-38-35-32-29-20-17-14-11-8-5-2/h18,21,48-50,54-55H,4-17,19-20,22-47H2,1-3H3,(H,53,56)/b21-18-. The van der Waals surface area contributed by atoms with Gasteiger partial charge in [0.05, 0.1) is 25.2 Å². The monoisotopic (exact) mass is 820 g/mol. The Hall–Kier alpha value is -1.40. The van der Waals surface area contributed by atoms with Gasteiger partial charge in [-0.2, -0.15) is 0 Å². The Balaban J connectivity index is 4.43. The van der Waals surface area contributed by atoms with Crippen LogP contribution in [0.4, 0.5) is 0 Å². The number of rotatable bonds is 47. The van der Waals surface area contributed by atoms with E-state index in [2.05, 4.69) is 38.2 Å². The molecule has 6 heteroatoms. The van der Waals surface area contributed by atoms with Crippen molar-refractivity contribution in [2.24, 2.45) is 0 Å². The Bertz CT molecular complexity index is 878. The van der Waals surface area contributed by atoms with Crippen molar-refractivity contribution in [1.82, 2.24) is 5.32 Å². The number of ether oxygens (including phenoxy) is 1. The first kappa shape index (κ1) is 56.6. The highest BCUT2D eigenvalue weighted by Crippen LogP contribution is 2.18. The van der Waals surface area contributed by atoms with Gasteiger partial charge in [0.2, 0.25) is 5.91 Å². The van der Waals surface area contributed by atoms with Crippen molar-refractivity contribution < 1.29 is 24.5 Å². The molecule has 344 valence electrons. The average molecular weight is 820 g/mol. The van der Waals surface area contributed by atoms with Crippen LogP contribution in [-0.4, -0.2) is 46.9 Å². The van der Waals surface area contributed by atoms with Crippen molar-refractivity contribution in [3.63, 3.8) is 0 Å². The molecular weight excluding hydrogens is 719 g/mol. The van der Waals surface area contributed by atoms with Crippen molar-refractivity contribution in [2.75, 3.05) is 6.61 Å². The van der Waals surface area contributed by atoms with Gasteiger partial charge < -0.3 is 20.3 Å². The summed E-state index contributed by atoms with van der Waals surface area (Å²) in [6, 6.07) is -0.698. The second-order valence-corrected chi connectivity index (χ2v) is 17.9. The van der Waals surface area contributed by atoms with Gasteiger partial charge in [-0.15, -0.1) is 0 Å². The number of esters is 1. The third kappa shape index (κ3) is 41.3. The van der Waals surface area contributed by atoms with Gasteiger partial charge in [0, 0.05) is 6.42 Å². The third-order valence-corrected chi connectivity index (χ3v) is 12.1. The van der Waals surface area contributed by atoms with E-state index >= 15 is 0 Å². The molecule has 0 heterocycles. The van der Waals surface area contributed by atoms with Crippen LogP contribution in [0.25, 0.3) is 0 Å². The largest absolute Gasteiger partial charge is 0.462 e. The second-order valence-electron chi connectivity index (χ2n) is 17.9. The summed E-state index contributed by atoms with van der Waals surface area (Å²) >= 11 is 0. The first-order chi connectivity index (χ1) is 28.5. The Morgan fingerprint density at radius 2 is 0.828 bits per heavy atom. The minimum absolute atomic E-state index is 0.0733. The maximum absolute atomic E-state index is 13.2. The van der Waals surface area contributed by atoms with Gasteiger partial charge in [0.1, 0.15) is 6.10 Å². The van der Waals surface area contributed by atoms with Crippen LogP contribution in [0.1, 0.15) is 284 Å². The molecule has 0 aliphatic rings. The Kier molecular flexibility index (Phi) is 45.5. The van der Waals surface area contributed by atoms with Gasteiger partial charge >= 0.3 is 5.97 Å². The van der Waals surface area contributed by atoms with E-state index in [0.29, 0.717) is 19.3 Å². The van der Waals surface area contributed by atoms with Gasteiger partial charge in [-0.25, -0.2) is 0 Å². The van der Waals surface area contributed by atoms with Crippen LogP contribution in [0.15, 0.2) is 12.2 Å². The van der Waals surface area contributed by atoms with Gasteiger partial charge in [-0.05, 0) is 51.4 Å². The SMILES string of the molecule is CCCCC/C=C\CCCCCC(CC(=O)NC(CO)C(O)CCCCCCCCCCCCC)OC(=O)CCCCCCCCCCCCCCCCCCCC. The lowest BCUT2D eigenvalue weighted by Gasteiger charge is -2.24. The summed E-state index contributed by atoms with van der Waals surface area (Å²) in [7, 11) is 0. The van der Waals surface area contributed by atoms with Gasteiger partial charge in [0.15, 0.2) is 0 Å². The number of hydrogen-bond acceptors (Lipinski definition) is 5. The maximum Gasteiger partial charge on any atom is 0.306 e. The number of hydrogen-bond donors (Lipinski definition) is 3. The second kappa shape index (κ2) is 46.7. The number of aliphatic hydroxyl groups excluding tert-OH is 2. The fourth-order valence-corrected chi connectivity index (χ4v) is 8.13. The van der Waals surface area contributed by atoms with Crippen LogP contribution in [0.3, 0.4) is 0 Å². The summed E-state index contributed by atoms with van der Waals surface area (Å²) < 4.78 is 5.92. The van der Waals surface area contributed by atoms with Crippen molar-refractivity contribution in [3.05, 3.63) is 12.2 Å². The summed E-state index contributed by atoms with van der Waals surface area (Å²) in [6.45, 7) is 6.46. The Morgan fingerprint density at radius 1 is 0.483 bits per heavy atom. The molecule has 0 aromatic rings. The average Bonchev–Trinajstić information content (AvgIpc) is 3.22. The van der Waals surface area contributed by atoms with E-state index in [0.717, 1.165) is 64.2 Å². The van der Waals surface area contributed by atoms with E-state index in [4.69, 9.17) is 4.74 Å². The summed E-state index contributed by atoms with van der Waals surface area (Å²) in [6.07, 6.45) is 51.4. The van der Waals surface area contributed by atoms with Crippen LogP contribution in [0, 0.1) is 0 Å². The van der Waals surface area contributed by atoms with E-state index in [1.54, 1.807) is 0 Å². The third-order valence-electron chi connectivity index (χ3n) is 12.1. The van der Waals surface area contributed by atoms with Crippen LogP contribution in [0.2, 0.25) is 0 Å². The summed E-state index contributed by atoms with van der Waals surface area (Å²) in [5, 5.41) is 23.7. The van der Waals surface area contributed by atoms with E-state index in [9.17, 15) is 19.8 Å². The van der Waals surface area contributed by atoms with E-state index in [-0.39, 0.29) is 24.9 Å². The molecule has 0 rings (SSSR count). The zero-order valence-electron chi connectivity index (χ0n) is 39.2. The quantitative estimate of drug-likeness (QED) is 0.0323. The van der Waals surface area contributed by atoms with Crippen molar-refractivity contribution in [1.29, 1.82) is 0 Å². The number of allylic oxidation sites excluding steroid dienone is 2. The summed E-state index contributed by atoms with van der Waals surface area (Å²) in [5.74, 6) is -0.474. The molecule has 3 unspecified atom stereocenters. The fourth-order valence-electron chi connectivity index (χ4n) is 8.13. The molecule has 0 saturated heterocycles. The summed E-state index contributed by atoms with van der Waals surface area (Å²) in [5.41, 5.74) is 0. The van der Waals surface area contributed by atoms with Gasteiger partial charge in [-0.3, -0.25) is 9.59 Å². The van der Waals surface area contributed by atoms with E-state index in [1.807, 2.05) is 0 Å². The number of carbonyl (C=O) groups excluding carboxylic acids is 2. The van der Waals surface area contributed by atoms with Crippen LogP contribution in [0.5, 0.6) is 0 Å². The molecule has 0 radical (unpaired) electrons. The van der Waals surface area contributed by atoms with Crippen LogP contribution < -0.4 is 5.32 Å². The predicted molar refractivity (Wildman–Crippen MR) is 250 cm³/mol. The lowest BCUT2D eigenvalue weighted by Crippen LogP contribution is -2.46. The molecule has 58 heavy (non-hydrogen) atoms. The molecule has 0 bridgehead atoms. The molecule has 0 spiro atoms. The first-order valence-corrected chi connectivity index (χ1v) is 25.9. The minimum Gasteiger partial charge on any atom is -0.462 e. The van der Waals surface area contributed by atoms with Crippen molar-refractivity contribution >= 4 is 11.9 Å². The molecule has 3 atom stereocenters. The number of amides is 1. The molecule has 0 aromatic carbocycles. The minimum atomic E-state index is -0.784. The number of unbranched alkanes of at least 4 members (excludes halogenated alkanes) is 33. The smallest absolute Gasteiger partial charge is 0.306 e. The molecule has 0 aliphatic carbocycles. The lowest BCUT2D eigenvalue weighted by atomic mass is 10.0. The topological polar surface area (TPSA) is 95.9 Å². The van der Waals surface area contributed by atoms with Crippen LogP contribution >= 0.6 is 0 Å². The normalized spacial score (nSPS) is 13.3. The predicted octanol–water partition coefficient (Wildman–Crippen LogP) is 15.3. The highest BCUT2D eigenvalue weighted by atomic mass is 16.5. The zero-order valence-corrected chi connectivity index (χ0v) is 39.2. The highest BCUT2D eigenvalue weighted by molar-refractivity contribution is 5.77. The molecule has 0 saturated carbocycles. The zero-order chi connectivity index (χ0) is 42.4. The van der Waals surface area contributed by atoms with E-state index in [1.165, 1.54) is 173 Å². The molecule has 1 amide bonds. The van der Waals surface area contributed by atoms with Gasteiger partial charge in [-0.1, -0.05) is 232 Å². The van der Waals surface area contributed by atoms with Crippen molar-refractivity contribution in [2.45, 2.75) is 302 Å². The molecular formula is C52H101NO5. The van der Waals surface area contributed by atoms with Crippen LogP contribution in [-0.2, 0) is 14.3 Å². The highest BCUT2D eigenvalue weighted by Gasteiger charge is 2.24. The molecule has 0 fully saturated rings. The molecule has 3 N–H and O–H groups in total. The number of nitrogens with one attached hydrogen (secondary N) is 1. The molecule has 0 aromatic heterocycles. The first-order valence-electron chi connectivity index (χ1n) is 25.9. The summed E-state index contributed by atoms with van der Waals surface area (Å²) in [4.78, 5) is 26.1. The van der Waals surface area contributed by atoms with E-state index < -0.39 is 18.2 Å². The lowest BCUT2D eigenvalue weighted by molar-refractivity contribution is -0.151. The molecule has 0 aliphatic heterocycles. The Morgan fingerprint density at radius 3 is 1.26 bits per heavy atom. The fraction of sp³-hybridized carbons (Fsp3) is 0.923. The number of carbonyl (C=O) groups is 2. The number of aliphatic hydroxyl groups is 2. The van der Waals surface area contributed by atoms with Crippen molar-refractivity contribution in [3.8, 4) is 0 Å². The molecule has 6 nitrogen and oxygen atoms in total.